The normalized spacial score (nSPS) is 10.6. The molecular formula is C16H9Cl3N2. The summed E-state index contributed by atoms with van der Waals surface area (Å²) in [5.74, 6) is 0.564. The number of benzene rings is 2. The second kappa shape index (κ2) is 6.02. The van der Waals surface area contributed by atoms with E-state index in [0.717, 1.165) is 11.1 Å². The molecule has 0 aliphatic carbocycles. The van der Waals surface area contributed by atoms with Gasteiger partial charge in [0.05, 0.1) is 5.69 Å². The van der Waals surface area contributed by atoms with Crippen molar-refractivity contribution in [2.24, 2.45) is 0 Å². The smallest absolute Gasteiger partial charge is 0.161 e. The Balaban J connectivity index is 2.14. The summed E-state index contributed by atoms with van der Waals surface area (Å²) < 4.78 is 0. The summed E-state index contributed by atoms with van der Waals surface area (Å²) >= 11 is 18.2. The molecule has 0 spiro atoms. The fourth-order valence-corrected chi connectivity index (χ4v) is 2.69. The summed E-state index contributed by atoms with van der Waals surface area (Å²) in [6.07, 6.45) is 0. The van der Waals surface area contributed by atoms with Crippen molar-refractivity contribution in [2.45, 2.75) is 0 Å². The highest BCUT2D eigenvalue weighted by molar-refractivity contribution is 6.35. The quantitative estimate of drug-likeness (QED) is 0.555. The lowest BCUT2D eigenvalue weighted by molar-refractivity contribution is 1.18. The highest BCUT2D eigenvalue weighted by atomic mass is 35.5. The number of hydrogen-bond donors (Lipinski definition) is 0. The van der Waals surface area contributed by atoms with Gasteiger partial charge in [0.15, 0.2) is 5.82 Å². The molecule has 0 aliphatic heterocycles. The third-order valence-corrected chi connectivity index (χ3v) is 3.52. The van der Waals surface area contributed by atoms with E-state index in [1.54, 1.807) is 24.3 Å². The Labute approximate surface area is 137 Å². The molecule has 104 valence electrons. The van der Waals surface area contributed by atoms with E-state index in [-0.39, 0.29) is 0 Å². The average molecular weight is 336 g/mol. The molecule has 0 atom stereocenters. The first-order chi connectivity index (χ1) is 10.1. The van der Waals surface area contributed by atoms with Gasteiger partial charge in [-0.15, -0.1) is 0 Å². The standard InChI is InChI=1S/C16H9Cl3N2/c17-12-6-11(7-13(18)8-12)14-9-15(19)21-16(20-14)10-4-2-1-3-5-10/h1-9H. The molecule has 1 aromatic heterocycles. The Morgan fingerprint density at radius 3 is 2.00 bits per heavy atom. The van der Waals surface area contributed by atoms with Crippen LogP contribution in [0, 0.1) is 0 Å². The largest absolute Gasteiger partial charge is 0.228 e. The molecule has 0 amide bonds. The first-order valence-corrected chi connectivity index (χ1v) is 7.32. The van der Waals surface area contributed by atoms with Crippen molar-refractivity contribution < 1.29 is 0 Å². The van der Waals surface area contributed by atoms with Gasteiger partial charge in [0, 0.05) is 27.2 Å². The highest BCUT2D eigenvalue weighted by Crippen LogP contribution is 2.28. The zero-order chi connectivity index (χ0) is 14.8. The summed E-state index contributed by atoms with van der Waals surface area (Å²) in [7, 11) is 0. The third kappa shape index (κ3) is 3.35. The van der Waals surface area contributed by atoms with Gasteiger partial charge >= 0.3 is 0 Å². The summed E-state index contributed by atoms with van der Waals surface area (Å²) in [5, 5.41) is 1.47. The minimum Gasteiger partial charge on any atom is -0.228 e. The highest BCUT2D eigenvalue weighted by Gasteiger charge is 2.09. The Morgan fingerprint density at radius 2 is 1.33 bits per heavy atom. The van der Waals surface area contributed by atoms with E-state index in [9.17, 15) is 0 Å². The topological polar surface area (TPSA) is 25.8 Å². The van der Waals surface area contributed by atoms with Crippen molar-refractivity contribution in [2.75, 3.05) is 0 Å². The summed E-state index contributed by atoms with van der Waals surface area (Å²) in [6, 6.07) is 16.6. The van der Waals surface area contributed by atoms with Gasteiger partial charge in [-0.1, -0.05) is 65.1 Å². The molecular weight excluding hydrogens is 327 g/mol. The van der Waals surface area contributed by atoms with Crippen molar-refractivity contribution in [1.82, 2.24) is 9.97 Å². The first kappa shape index (κ1) is 14.3. The Bertz CT molecular complexity index is 769. The van der Waals surface area contributed by atoms with Crippen LogP contribution in [-0.2, 0) is 0 Å². The van der Waals surface area contributed by atoms with Crippen LogP contribution in [0.1, 0.15) is 0 Å². The monoisotopic (exact) mass is 334 g/mol. The first-order valence-electron chi connectivity index (χ1n) is 6.18. The second-order valence-corrected chi connectivity index (χ2v) is 5.68. The SMILES string of the molecule is Clc1cc(Cl)cc(-c2cc(Cl)nc(-c3ccccc3)n2)c1. The predicted octanol–water partition coefficient (Wildman–Crippen LogP) is 5.77. The maximum absolute atomic E-state index is 6.11. The van der Waals surface area contributed by atoms with E-state index in [0.29, 0.717) is 26.7 Å². The fraction of sp³-hybridized carbons (Fsp3) is 0. The zero-order valence-corrected chi connectivity index (χ0v) is 13.0. The number of halogens is 3. The molecule has 1 heterocycles. The molecule has 2 nitrogen and oxygen atoms in total. The van der Waals surface area contributed by atoms with Crippen LogP contribution in [0.25, 0.3) is 22.6 Å². The second-order valence-electron chi connectivity index (χ2n) is 4.42. The Hall–Kier alpha value is -1.61. The molecule has 21 heavy (non-hydrogen) atoms. The number of nitrogens with zero attached hydrogens (tertiary/aromatic N) is 2. The van der Waals surface area contributed by atoms with Gasteiger partial charge < -0.3 is 0 Å². The maximum atomic E-state index is 6.11. The van der Waals surface area contributed by atoms with E-state index in [4.69, 9.17) is 34.8 Å². The van der Waals surface area contributed by atoms with Gasteiger partial charge in [0.1, 0.15) is 5.15 Å². The molecule has 3 rings (SSSR count). The van der Waals surface area contributed by atoms with Crippen molar-refractivity contribution >= 4 is 34.8 Å². The minimum atomic E-state index is 0.370. The summed E-state index contributed by atoms with van der Waals surface area (Å²) in [6.45, 7) is 0. The summed E-state index contributed by atoms with van der Waals surface area (Å²) in [4.78, 5) is 8.81. The van der Waals surface area contributed by atoms with E-state index >= 15 is 0 Å². The van der Waals surface area contributed by atoms with Crippen LogP contribution < -0.4 is 0 Å². The van der Waals surface area contributed by atoms with Crippen molar-refractivity contribution in [3.63, 3.8) is 0 Å². The molecule has 0 saturated carbocycles. The van der Waals surface area contributed by atoms with E-state index in [1.807, 2.05) is 30.3 Å². The lowest BCUT2D eigenvalue weighted by atomic mass is 10.1. The molecule has 0 bridgehead atoms. The molecule has 0 aliphatic rings. The Kier molecular flexibility index (Phi) is 4.11. The van der Waals surface area contributed by atoms with Gasteiger partial charge in [-0.25, -0.2) is 9.97 Å². The molecule has 5 heteroatoms. The van der Waals surface area contributed by atoms with Gasteiger partial charge in [0.25, 0.3) is 0 Å². The lowest BCUT2D eigenvalue weighted by Crippen LogP contribution is -1.93. The molecule has 0 radical (unpaired) electrons. The number of rotatable bonds is 2. The number of aromatic nitrogens is 2. The third-order valence-electron chi connectivity index (χ3n) is 2.89. The predicted molar refractivity (Wildman–Crippen MR) is 87.9 cm³/mol. The Morgan fingerprint density at radius 1 is 0.667 bits per heavy atom. The van der Waals surface area contributed by atoms with Crippen molar-refractivity contribution in [3.05, 3.63) is 69.8 Å². The van der Waals surface area contributed by atoms with Crippen LogP contribution >= 0.6 is 34.8 Å². The molecule has 0 N–H and O–H groups in total. The molecule has 2 aromatic carbocycles. The van der Waals surface area contributed by atoms with E-state index < -0.39 is 0 Å². The average Bonchev–Trinajstić information content (AvgIpc) is 2.46. The minimum absolute atomic E-state index is 0.370. The molecule has 0 saturated heterocycles. The van der Waals surface area contributed by atoms with Gasteiger partial charge in [-0.2, -0.15) is 0 Å². The fourth-order valence-electron chi connectivity index (χ4n) is 1.98. The van der Waals surface area contributed by atoms with Crippen molar-refractivity contribution in [3.8, 4) is 22.6 Å². The zero-order valence-electron chi connectivity index (χ0n) is 10.7. The van der Waals surface area contributed by atoms with E-state index in [2.05, 4.69) is 9.97 Å². The van der Waals surface area contributed by atoms with Crippen LogP contribution in [-0.4, -0.2) is 9.97 Å². The van der Waals surface area contributed by atoms with E-state index in [1.165, 1.54) is 0 Å². The van der Waals surface area contributed by atoms with Gasteiger partial charge in [-0.05, 0) is 18.2 Å². The van der Waals surface area contributed by atoms with Gasteiger partial charge in [-0.3, -0.25) is 0 Å². The molecule has 0 unspecified atom stereocenters. The molecule has 0 fully saturated rings. The van der Waals surface area contributed by atoms with Gasteiger partial charge in [0.2, 0.25) is 0 Å². The van der Waals surface area contributed by atoms with Crippen LogP contribution in [0.2, 0.25) is 15.2 Å². The van der Waals surface area contributed by atoms with Crippen LogP contribution in [0.3, 0.4) is 0 Å². The summed E-state index contributed by atoms with van der Waals surface area (Å²) in [5.41, 5.74) is 2.38. The van der Waals surface area contributed by atoms with Crippen LogP contribution in [0.5, 0.6) is 0 Å². The molecule has 3 aromatic rings. The maximum Gasteiger partial charge on any atom is 0.161 e. The van der Waals surface area contributed by atoms with Crippen LogP contribution in [0.4, 0.5) is 0 Å². The lowest BCUT2D eigenvalue weighted by Gasteiger charge is -2.06. The number of hydrogen-bond acceptors (Lipinski definition) is 2. The van der Waals surface area contributed by atoms with Crippen LogP contribution in [0.15, 0.2) is 54.6 Å². The van der Waals surface area contributed by atoms with Crippen molar-refractivity contribution in [1.29, 1.82) is 0 Å².